The van der Waals surface area contributed by atoms with Crippen molar-refractivity contribution in [2.24, 2.45) is 11.5 Å². The van der Waals surface area contributed by atoms with Crippen molar-refractivity contribution in [3.05, 3.63) is 24.3 Å². The van der Waals surface area contributed by atoms with Crippen LogP contribution in [0.15, 0.2) is 24.3 Å². The monoisotopic (exact) mass is 691 g/mol. The molecule has 0 aliphatic rings. The van der Waals surface area contributed by atoms with Crippen molar-refractivity contribution in [2.45, 2.75) is 218 Å². The second-order valence-electron chi connectivity index (χ2n) is 14.4. The Kier molecular flexibility index (Phi) is 36.2. The van der Waals surface area contributed by atoms with Gasteiger partial charge in [0.25, 0.3) is 0 Å². The molecule has 7 nitrogen and oxygen atoms in total. The van der Waals surface area contributed by atoms with Crippen LogP contribution in [0.2, 0.25) is 0 Å². The van der Waals surface area contributed by atoms with E-state index >= 15 is 0 Å². The van der Waals surface area contributed by atoms with Gasteiger partial charge in [0.1, 0.15) is 0 Å². The minimum atomic E-state index is -0.875. The van der Waals surface area contributed by atoms with Crippen molar-refractivity contribution in [1.29, 1.82) is 0 Å². The van der Waals surface area contributed by atoms with Gasteiger partial charge >= 0.3 is 0 Å². The van der Waals surface area contributed by atoms with Crippen LogP contribution in [0.25, 0.3) is 0 Å². The number of unbranched alkanes of at least 4 members (excludes halogenated alkanes) is 23. The number of nitrogens with one attached hydrogen (secondary N) is 2. The standard InChI is InChI=1S/C42H82N4O3/c1-3-5-7-9-11-13-15-17-18-20-22-24-26-28-30-35-41(48)46-39(37-45-42(49)38(44)33-31-32-36-43)40(47)34-29-27-25-23-21-19-16-14-12-10-8-6-4-2/h17-18,29,34,38-40,47H,3-16,19-28,30-33,35-37,43-44H2,1-2H3,(H,45,49)(H,46,48)/b18-17-,34-29+/t38?,39-,40+/m0/s1. The lowest BCUT2D eigenvalue weighted by atomic mass is 10.0. The van der Waals surface area contributed by atoms with Gasteiger partial charge in [-0.25, -0.2) is 0 Å². The summed E-state index contributed by atoms with van der Waals surface area (Å²) in [5.41, 5.74) is 11.6. The van der Waals surface area contributed by atoms with E-state index in [2.05, 4.69) is 36.6 Å². The molecule has 0 aliphatic carbocycles. The third-order valence-corrected chi connectivity index (χ3v) is 9.53. The highest BCUT2D eigenvalue weighted by molar-refractivity contribution is 5.81. The molecule has 0 aromatic carbocycles. The van der Waals surface area contributed by atoms with Gasteiger partial charge in [-0.15, -0.1) is 0 Å². The Morgan fingerprint density at radius 2 is 1.06 bits per heavy atom. The molecule has 0 aromatic rings. The summed E-state index contributed by atoms with van der Waals surface area (Å²) in [5.74, 6) is -0.340. The fraction of sp³-hybridized carbons (Fsp3) is 0.857. The minimum absolute atomic E-state index is 0.0815. The quantitative estimate of drug-likeness (QED) is 0.0327. The Morgan fingerprint density at radius 3 is 1.55 bits per heavy atom. The number of nitrogens with two attached hydrogens (primary N) is 2. The number of rotatable bonds is 37. The molecule has 0 saturated heterocycles. The summed E-state index contributed by atoms with van der Waals surface area (Å²) < 4.78 is 0. The van der Waals surface area contributed by atoms with Crippen LogP contribution < -0.4 is 22.1 Å². The summed E-state index contributed by atoms with van der Waals surface area (Å²) in [4.78, 5) is 25.4. The van der Waals surface area contributed by atoms with Gasteiger partial charge in [0.05, 0.1) is 18.2 Å². The Hall–Kier alpha value is -1.70. The molecule has 0 bridgehead atoms. The molecule has 2 amide bonds. The number of hydrogen-bond acceptors (Lipinski definition) is 5. The van der Waals surface area contributed by atoms with Crippen LogP contribution in [0.5, 0.6) is 0 Å². The molecule has 49 heavy (non-hydrogen) atoms. The van der Waals surface area contributed by atoms with E-state index in [-0.39, 0.29) is 18.4 Å². The molecule has 0 radical (unpaired) electrons. The first kappa shape index (κ1) is 47.3. The second kappa shape index (κ2) is 37.6. The van der Waals surface area contributed by atoms with Gasteiger partial charge in [0, 0.05) is 13.0 Å². The zero-order valence-electron chi connectivity index (χ0n) is 32.4. The van der Waals surface area contributed by atoms with Crippen LogP contribution >= 0.6 is 0 Å². The molecule has 0 spiro atoms. The maximum Gasteiger partial charge on any atom is 0.236 e. The number of carbonyl (C=O) groups excluding carboxylic acids is 2. The van der Waals surface area contributed by atoms with Crippen molar-refractivity contribution in [2.75, 3.05) is 13.1 Å². The van der Waals surface area contributed by atoms with Crippen molar-refractivity contribution < 1.29 is 14.7 Å². The normalized spacial score (nSPS) is 13.7. The van der Waals surface area contributed by atoms with Crippen molar-refractivity contribution in [3.63, 3.8) is 0 Å². The zero-order valence-corrected chi connectivity index (χ0v) is 32.4. The van der Waals surface area contributed by atoms with E-state index in [4.69, 9.17) is 11.5 Å². The van der Waals surface area contributed by atoms with Crippen molar-refractivity contribution in [1.82, 2.24) is 10.6 Å². The lowest BCUT2D eigenvalue weighted by Gasteiger charge is -2.23. The Morgan fingerprint density at radius 1 is 0.612 bits per heavy atom. The highest BCUT2D eigenvalue weighted by atomic mass is 16.3. The molecule has 0 aromatic heterocycles. The first-order chi connectivity index (χ1) is 24.0. The molecule has 3 atom stereocenters. The summed E-state index contributed by atoms with van der Waals surface area (Å²) in [5, 5.41) is 16.8. The first-order valence-corrected chi connectivity index (χ1v) is 21.0. The van der Waals surface area contributed by atoms with Crippen LogP contribution in [0.1, 0.15) is 200 Å². The topological polar surface area (TPSA) is 130 Å². The molecule has 0 saturated carbocycles. The van der Waals surface area contributed by atoms with E-state index in [0.717, 1.165) is 51.4 Å². The van der Waals surface area contributed by atoms with Gasteiger partial charge in [-0.1, -0.05) is 160 Å². The largest absolute Gasteiger partial charge is 0.387 e. The summed E-state index contributed by atoms with van der Waals surface area (Å²) in [7, 11) is 0. The molecule has 1 unspecified atom stereocenters. The fourth-order valence-electron chi connectivity index (χ4n) is 6.17. The van der Waals surface area contributed by atoms with E-state index < -0.39 is 18.2 Å². The van der Waals surface area contributed by atoms with Gasteiger partial charge in [0.15, 0.2) is 0 Å². The van der Waals surface area contributed by atoms with Crippen LogP contribution in [-0.4, -0.2) is 48.2 Å². The van der Waals surface area contributed by atoms with Gasteiger partial charge in [-0.2, -0.15) is 0 Å². The molecule has 288 valence electrons. The lowest BCUT2D eigenvalue weighted by molar-refractivity contribution is -0.125. The molecule has 7 N–H and O–H groups in total. The third-order valence-electron chi connectivity index (χ3n) is 9.53. The summed E-state index contributed by atoms with van der Waals surface area (Å²) in [6, 6.07) is -1.21. The number of aliphatic hydroxyl groups excluding tert-OH is 1. The zero-order chi connectivity index (χ0) is 36.0. The smallest absolute Gasteiger partial charge is 0.236 e. The molecule has 0 rings (SSSR count). The van der Waals surface area contributed by atoms with Crippen LogP contribution in [-0.2, 0) is 9.59 Å². The van der Waals surface area contributed by atoms with E-state index in [1.807, 2.05) is 6.08 Å². The Balaban J connectivity index is 4.40. The maximum absolute atomic E-state index is 12.8. The van der Waals surface area contributed by atoms with Crippen LogP contribution in [0.3, 0.4) is 0 Å². The van der Waals surface area contributed by atoms with E-state index in [1.165, 1.54) is 122 Å². The highest BCUT2D eigenvalue weighted by Crippen LogP contribution is 2.13. The molecular weight excluding hydrogens is 608 g/mol. The molecule has 7 heteroatoms. The molecule has 0 heterocycles. The highest BCUT2D eigenvalue weighted by Gasteiger charge is 2.21. The van der Waals surface area contributed by atoms with E-state index in [0.29, 0.717) is 19.4 Å². The molecular formula is C42H82N4O3. The Bertz CT molecular complexity index is 788. The molecule has 0 aliphatic heterocycles. The number of allylic oxidation sites excluding steroid dienone is 3. The minimum Gasteiger partial charge on any atom is -0.387 e. The van der Waals surface area contributed by atoms with Gasteiger partial charge in [-0.3, -0.25) is 9.59 Å². The van der Waals surface area contributed by atoms with E-state index in [9.17, 15) is 14.7 Å². The van der Waals surface area contributed by atoms with Gasteiger partial charge < -0.3 is 27.2 Å². The lowest BCUT2D eigenvalue weighted by Crippen LogP contribution is -2.52. The number of amides is 2. The Labute approximate surface area is 303 Å². The second-order valence-corrected chi connectivity index (χ2v) is 14.4. The SMILES string of the molecule is CCCCCCCC/C=C\CCCCCCCC(=O)N[C@@H](CNC(=O)C(N)CCCCN)[C@H](O)/C=C/CCCCCCCCCCCCC. The first-order valence-electron chi connectivity index (χ1n) is 21.0. The maximum atomic E-state index is 12.8. The number of hydrogen-bond donors (Lipinski definition) is 5. The predicted octanol–water partition coefficient (Wildman–Crippen LogP) is 9.70. The van der Waals surface area contributed by atoms with Gasteiger partial charge in [0.2, 0.25) is 11.8 Å². The summed E-state index contributed by atoms with van der Waals surface area (Å²) in [6.45, 7) is 5.25. The van der Waals surface area contributed by atoms with E-state index in [1.54, 1.807) is 6.08 Å². The number of aliphatic hydroxyl groups is 1. The molecule has 0 fully saturated rings. The summed E-state index contributed by atoms with van der Waals surface area (Å²) >= 11 is 0. The summed E-state index contributed by atoms with van der Waals surface area (Å²) in [6.07, 6.45) is 41.3. The average Bonchev–Trinajstić information content (AvgIpc) is 3.10. The number of carbonyl (C=O) groups is 2. The average molecular weight is 691 g/mol. The van der Waals surface area contributed by atoms with Crippen LogP contribution in [0.4, 0.5) is 0 Å². The van der Waals surface area contributed by atoms with Gasteiger partial charge in [-0.05, 0) is 64.3 Å². The third kappa shape index (κ3) is 33.2. The van der Waals surface area contributed by atoms with Crippen molar-refractivity contribution in [3.8, 4) is 0 Å². The predicted molar refractivity (Wildman–Crippen MR) is 211 cm³/mol. The van der Waals surface area contributed by atoms with Crippen LogP contribution in [0, 0.1) is 0 Å². The van der Waals surface area contributed by atoms with Crippen molar-refractivity contribution >= 4 is 11.8 Å². The fourth-order valence-corrected chi connectivity index (χ4v) is 6.17.